The molecule has 0 bridgehead atoms. The summed E-state index contributed by atoms with van der Waals surface area (Å²) in [7, 11) is 3.24. The fourth-order valence-electron chi connectivity index (χ4n) is 3.43. The number of amides is 3. The third kappa shape index (κ3) is 4.58. The summed E-state index contributed by atoms with van der Waals surface area (Å²) < 4.78 is 5.19. The highest BCUT2D eigenvalue weighted by atomic mass is 16.5. The quantitative estimate of drug-likeness (QED) is 0.869. The maximum absolute atomic E-state index is 12.6. The first kappa shape index (κ1) is 18.8. The van der Waals surface area contributed by atoms with Crippen LogP contribution >= 0.6 is 0 Å². The minimum absolute atomic E-state index is 0.0494. The van der Waals surface area contributed by atoms with Crippen LogP contribution in [0, 0.1) is 0 Å². The molecular formula is C21H25N3O3. The van der Waals surface area contributed by atoms with Gasteiger partial charge in [-0.25, -0.2) is 4.79 Å². The molecule has 0 spiro atoms. The first-order valence-electron chi connectivity index (χ1n) is 9.12. The number of carbonyl (C=O) groups is 2. The van der Waals surface area contributed by atoms with Crippen molar-refractivity contribution >= 4 is 17.6 Å². The Morgan fingerprint density at radius 1 is 1.15 bits per heavy atom. The summed E-state index contributed by atoms with van der Waals surface area (Å²) in [5.74, 6) is 0.766. The molecule has 6 nitrogen and oxygen atoms in total. The molecule has 6 heteroatoms. The molecule has 1 fully saturated rings. The molecule has 0 saturated carbocycles. The number of nitrogens with one attached hydrogen (secondary N) is 2. The van der Waals surface area contributed by atoms with E-state index in [1.807, 2.05) is 41.3 Å². The average Bonchev–Trinajstić information content (AvgIpc) is 2.73. The summed E-state index contributed by atoms with van der Waals surface area (Å²) in [5, 5.41) is 5.59. The number of hydrogen-bond acceptors (Lipinski definition) is 3. The van der Waals surface area contributed by atoms with Gasteiger partial charge in [0.15, 0.2) is 0 Å². The van der Waals surface area contributed by atoms with E-state index in [2.05, 4.69) is 10.6 Å². The number of piperidine rings is 1. The van der Waals surface area contributed by atoms with Gasteiger partial charge in [0, 0.05) is 43.4 Å². The van der Waals surface area contributed by atoms with Gasteiger partial charge in [-0.2, -0.15) is 0 Å². The van der Waals surface area contributed by atoms with Gasteiger partial charge in [-0.3, -0.25) is 4.79 Å². The van der Waals surface area contributed by atoms with Crippen LogP contribution in [0.25, 0.3) is 0 Å². The Balaban J connectivity index is 1.72. The Labute approximate surface area is 159 Å². The molecular weight excluding hydrogens is 342 g/mol. The van der Waals surface area contributed by atoms with Crippen LogP contribution in [0.5, 0.6) is 5.75 Å². The second-order valence-corrected chi connectivity index (χ2v) is 6.65. The van der Waals surface area contributed by atoms with Gasteiger partial charge in [0.2, 0.25) is 0 Å². The Hall–Kier alpha value is -3.02. The van der Waals surface area contributed by atoms with Crippen molar-refractivity contribution in [2.45, 2.75) is 18.8 Å². The molecule has 1 atom stereocenters. The highest BCUT2D eigenvalue weighted by molar-refractivity contribution is 6.04. The van der Waals surface area contributed by atoms with E-state index in [1.54, 1.807) is 26.3 Å². The number of ether oxygens (including phenoxy) is 1. The highest BCUT2D eigenvalue weighted by Crippen LogP contribution is 2.28. The minimum Gasteiger partial charge on any atom is -0.497 e. The number of likely N-dealkylation sites (tertiary alicyclic amines) is 1. The number of urea groups is 1. The van der Waals surface area contributed by atoms with Crippen molar-refractivity contribution in [3.05, 3.63) is 59.7 Å². The first-order valence-corrected chi connectivity index (χ1v) is 9.12. The summed E-state index contributed by atoms with van der Waals surface area (Å²) in [6.07, 6.45) is 1.97. The van der Waals surface area contributed by atoms with Gasteiger partial charge in [0.25, 0.3) is 5.91 Å². The summed E-state index contributed by atoms with van der Waals surface area (Å²) in [6.45, 7) is 1.44. The Bertz CT molecular complexity index is 822. The van der Waals surface area contributed by atoms with Crippen molar-refractivity contribution in [2.75, 3.05) is 32.6 Å². The lowest BCUT2D eigenvalue weighted by molar-refractivity contribution is 0.102. The summed E-state index contributed by atoms with van der Waals surface area (Å²) in [6, 6.07) is 14.9. The van der Waals surface area contributed by atoms with Gasteiger partial charge in [-0.15, -0.1) is 0 Å². The molecule has 2 N–H and O–H groups in total. The maximum Gasteiger partial charge on any atom is 0.317 e. The number of benzene rings is 2. The van der Waals surface area contributed by atoms with Crippen molar-refractivity contribution in [2.24, 2.45) is 0 Å². The van der Waals surface area contributed by atoms with Crippen molar-refractivity contribution in [3.63, 3.8) is 0 Å². The van der Waals surface area contributed by atoms with Gasteiger partial charge in [0.1, 0.15) is 5.75 Å². The van der Waals surface area contributed by atoms with Crippen LogP contribution in [0.2, 0.25) is 0 Å². The zero-order chi connectivity index (χ0) is 19.2. The molecule has 1 heterocycles. The van der Waals surface area contributed by atoms with Crippen LogP contribution in [0.1, 0.15) is 34.7 Å². The third-order valence-corrected chi connectivity index (χ3v) is 4.87. The fraction of sp³-hybridized carbons (Fsp3) is 0.333. The number of carbonyl (C=O) groups excluding carboxylic acids is 2. The molecule has 0 radical (unpaired) electrons. The van der Waals surface area contributed by atoms with E-state index < -0.39 is 0 Å². The number of rotatable bonds is 4. The predicted molar refractivity (Wildman–Crippen MR) is 105 cm³/mol. The zero-order valence-electron chi connectivity index (χ0n) is 15.7. The van der Waals surface area contributed by atoms with E-state index in [4.69, 9.17) is 4.74 Å². The standard InChI is InChI=1S/C21H25N3O3/c1-22-21(26)24-11-5-8-17(14-24)15-6-3-7-16(12-15)20(25)23-18-9-4-10-19(13-18)27-2/h3-4,6-7,9-10,12-13,17H,5,8,11,14H2,1-2H3,(H,22,26)(H,23,25)/t17-/m1/s1. The lowest BCUT2D eigenvalue weighted by Gasteiger charge is -2.32. The maximum atomic E-state index is 12.6. The van der Waals surface area contributed by atoms with Crippen LogP contribution < -0.4 is 15.4 Å². The van der Waals surface area contributed by atoms with Gasteiger partial charge < -0.3 is 20.3 Å². The number of anilines is 1. The van der Waals surface area contributed by atoms with Gasteiger partial charge in [-0.05, 0) is 42.7 Å². The molecule has 2 aromatic rings. The molecule has 1 aliphatic rings. The van der Waals surface area contributed by atoms with Gasteiger partial charge >= 0.3 is 6.03 Å². The molecule has 142 valence electrons. The van der Waals surface area contributed by atoms with Gasteiger partial charge in [-0.1, -0.05) is 18.2 Å². The van der Waals surface area contributed by atoms with E-state index in [9.17, 15) is 9.59 Å². The Morgan fingerprint density at radius 3 is 2.74 bits per heavy atom. The minimum atomic E-state index is -0.163. The monoisotopic (exact) mass is 367 g/mol. The Morgan fingerprint density at radius 2 is 1.96 bits per heavy atom. The molecule has 3 amide bonds. The number of methoxy groups -OCH3 is 1. The molecule has 1 aliphatic heterocycles. The smallest absolute Gasteiger partial charge is 0.317 e. The Kier molecular flexibility index (Phi) is 5.96. The summed E-state index contributed by atoms with van der Waals surface area (Å²) >= 11 is 0. The predicted octanol–water partition coefficient (Wildman–Crippen LogP) is 3.47. The van der Waals surface area contributed by atoms with E-state index in [-0.39, 0.29) is 17.9 Å². The van der Waals surface area contributed by atoms with Crippen molar-refractivity contribution in [3.8, 4) is 5.75 Å². The average molecular weight is 367 g/mol. The van der Waals surface area contributed by atoms with E-state index >= 15 is 0 Å². The second-order valence-electron chi connectivity index (χ2n) is 6.65. The van der Waals surface area contributed by atoms with Crippen LogP contribution in [0.3, 0.4) is 0 Å². The van der Waals surface area contributed by atoms with Crippen molar-refractivity contribution < 1.29 is 14.3 Å². The zero-order valence-corrected chi connectivity index (χ0v) is 15.7. The van der Waals surface area contributed by atoms with E-state index in [0.29, 0.717) is 23.5 Å². The molecule has 0 unspecified atom stereocenters. The molecule has 2 aromatic carbocycles. The topological polar surface area (TPSA) is 70.7 Å². The van der Waals surface area contributed by atoms with Gasteiger partial charge in [0.05, 0.1) is 7.11 Å². The SMILES string of the molecule is CNC(=O)N1CCC[C@@H](c2cccc(C(=O)Nc3cccc(OC)c3)c2)C1. The largest absolute Gasteiger partial charge is 0.497 e. The normalized spacial score (nSPS) is 16.5. The number of hydrogen-bond donors (Lipinski definition) is 2. The molecule has 1 saturated heterocycles. The highest BCUT2D eigenvalue weighted by Gasteiger charge is 2.24. The molecule has 27 heavy (non-hydrogen) atoms. The lowest BCUT2D eigenvalue weighted by atomic mass is 9.89. The number of nitrogens with zero attached hydrogens (tertiary/aromatic N) is 1. The third-order valence-electron chi connectivity index (χ3n) is 4.87. The van der Waals surface area contributed by atoms with Crippen LogP contribution in [-0.2, 0) is 0 Å². The first-order chi connectivity index (χ1) is 13.1. The van der Waals surface area contributed by atoms with Crippen molar-refractivity contribution in [1.29, 1.82) is 0 Å². The molecule has 0 aliphatic carbocycles. The molecule has 0 aromatic heterocycles. The van der Waals surface area contributed by atoms with Crippen LogP contribution in [0.4, 0.5) is 10.5 Å². The fourth-order valence-corrected chi connectivity index (χ4v) is 3.43. The van der Waals surface area contributed by atoms with Crippen LogP contribution in [-0.4, -0.2) is 44.1 Å². The summed E-state index contributed by atoms with van der Waals surface area (Å²) in [4.78, 5) is 26.4. The summed E-state index contributed by atoms with van der Waals surface area (Å²) in [5.41, 5.74) is 2.38. The van der Waals surface area contributed by atoms with E-state index in [0.717, 1.165) is 24.9 Å². The van der Waals surface area contributed by atoms with E-state index in [1.165, 1.54) is 0 Å². The molecule has 3 rings (SSSR count). The van der Waals surface area contributed by atoms with Crippen LogP contribution in [0.15, 0.2) is 48.5 Å². The second kappa shape index (κ2) is 8.58. The lowest BCUT2D eigenvalue weighted by Crippen LogP contribution is -2.43. The van der Waals surface area contributed by atoms with Crippen molar-refractivity contribution in [1.82, 2.24) is 10.2 Å².